The monoisotopic (exact) mass is 352 g/mol. The fraction of sp³-hybridized carbons (Fsp3) is 0.500. The lowest BCUT2D eigenvalue weighted by molar-refractivity contribution is -0.736. The van der Waals surface area contributed by atoms with Crippen LogP contribution in [0.5, 0.6) is 0 Å². The van der Waals surface area contributed by atoms with Crippen LogP contribution in [0.4, 0.5) is 5.69 Å². The maximum absolute atomic E-state index is 11.9. The van der Waals surface area contributed by atoms with E-state index in [1.54, 1.807) is 19.9 Å². The van der Waals surface area contributed by atoms with E-state index in [2.05, 4.69) is 14.8 Å². The zero-order valence-corrected chi connectivity index (χ0v) is 14.7. The standard InChI is InChI=1S/C16H22N4O5/c1-4-25-14(22)8-6-5-7-13(21)19-16(17)15-11(2)9-12(10-18-15)20(23)24-3/h9-10H,4-8H2,1-3H3,(H-,17,19,21)/p+2. The van der Waals surface area contributed by atoms with E-state index in [1.807, 2.05) is 0 Å². The first-order valence-electron chi connectivity index (χ1n) is 7.95. The van der Waals surface area contributed by atoms with Gasteiger partial charge in [-0.25, -0.2) is 19.6 Å². The van der Waals surface area contributed by atoms with Crippen LogP contribution in [0.25, 0.3) is 0 Å². The third-order valence-electron chi connectivity index (χ3n) is 3.31. The number of nitrogen functional groups attached to an aromatic ring is 1. The number of hydrogen-bond donors (Lipinski definition) is 2. The number of aryl methyl sites for hydroxylation is 1. The number of esters is 1. The summed E-state index contributed by atoms with van der Waals surface area (Å²) in [4.78, 5) is 46.0. The zero-order valence-electron chi connectivity index (χ0n) is 14.7. The number of hydrogen-bond acceptors (Lipinski definition) is 6. The highest BCUT2D eigenvalue weighted by atomic mass is 16.8. The topological polar surface area (TPSA) is 126 Å². The summed E-state index contributed by atoms with van der Waals surface area (Å²) in [5, 5.41) is 0. The van der Waals surface area contributed by atoms with Crippen LogP contribution in [-0.4, -0.2) is 41.3 Å². The van der Waals surface area contributed by atoms with Gasteiger partial charge in [-0.3, -0.25) is 10.5 Å². The lowest BCUT2D eigenvalue weighted by atomic mass is 10.2. The Morgan fingerprint density at radius 1 is 1.32 bits per heavy atom. The van der Waals surface area contributed by atoms with E-state index < -0.39 is 0 Å². The SMILES string of the molecule is CCOC(=O)CCCCC(=O)[NH+]=C(N)c1ncc([N+](=O)OC)cc1C. The Balaban J connectivity index is 2.60. The van der Waals surface area contributed by atoms with Gasteiger partial charge in [0.2, 0.25) is 0 Å². The molecule has 0 bridgehead atoms. The fourth-order valence-electron chi connectivity index (χ4n) is 2.11. The van der Waals surface area contributed by atoms with Crippen molar-refractivity contribution in [3.8, 4) is 0 Å². The van der Waals surface area contributed by atoms with Crippen LogP contribution in [0.3, 0.4) is 0 Å². The first kappa shape index (κ1) is 20.2. The number of carbonyl (C=O) groups is 2. The molecular formula is C16H24N4O5+2. The molecule has 0 spiro atoms. The molecule has 25 heavy (non-hydrogen) atoms. The second-order valence-corrected chi connectivity index (χ2v) is 5.27. The van der Waals surface area contributed by atoms with E-state index in [-0.39, 0.29) is 36.2 Å². The first-order chi connectivity index (χ1) is 11.9. The second kappa shape index (κ2) is 10.1. The molecule has 136 valence electrons. The Hall–Kier alpha value is -2.84. The highest BCUT2D eigenvalue weighted by Crippen LogP contribution is 2.14. The molecule has 0 saturated carbocycles. The maximum Gasteiger partial charge on any atom is 0.335 e. The van der Waals surface area contributed by atoms with Crippen LogP contribution in [0.1, 0.15) is 43.9 Å². The first-order valence-corrected chi connectivity index (χ1v) is 7.95. The minimum atomic E-state index is -0.269. The molecule has 0 radical (unpaired) electrons. The van der Waals surface area contributed by atoms with Crippen LogP contribution in [0.15, 0.2) is 12.3 Å². The predicted octanol–water partition coefficient (Wildman–Crippen LogP) is -0.202. The number of nitrogens with one attached hydrogen (secondary N) is 1. The summed E-state index contributed by atoms with van der Waals surface area (Å²) in [6, 6.07) is 1.55. The Morgan fingerprint density at radius 3 is 2.60 bits per heavy atom. The van der Waals surface area contributed by atoms with Crippen LogP contribution in [0, 0.1) is 11.8 Å². The molecule has 0 unspecified atom stereocenters. The van der Waals surface area contributed by atoms with Gasteiger partial charge in [0.25, 0.3) is 10.8 Å². The molecule has 0 atom stereocenters. The minimum Gasteiger partial charge on any atom is -0.466 e. The summed E-state index contributed by atoms with van der Waals surface area (Å²) in [6.07, 6.45) is 2.93. The van der Waals surface area contributed by atoms with Gasteiger partial charge in [0, 0.05) is 18.9 Å². The van der Waals surface area contributed by atoms with E-state index in [0.717, 1.165) is 0 Å². The number of pyridine rings is 1. The van der Waals surface area contributed by atoms with Gasteiger partial charge < -0.3 is 4.74 Å². The van der Waals surface area contributed by atoms with Crippen molar-refractivity contribution in [2.75, 3.05) is 13.7 Å². The van der Waals surface area contributed by atoms with E-state index in [0.29, 0.717) is 35.6 Å². The maximum atomic E-state index is 11.9. The lowest BCUT2D eigenvalue weighted by Crippen LogP contribution is -2.79. The fourth-order valence-corrected chi connectivity index (χ4v) is 2.11. The lowest BCUT2D eigenvalue weighted by Gasteiger charge is -2.01. The predicted molar refractivity (Wildman–Crippen MR) is 88.6 cm³/mol. The molecule has 1 aromatic rings. The van der Waals surface area contributed by atoms with Crippen molar-refractivity contribution < 1.29 is 29.1 Å². The molecule has 0 fully saturated rings. The van der Waals surface area contributed by atoms with Crippen molar-refractivity contribution in [1.82, 2.24) is 4.98 Å². The molecule has 9 nitrogen and oxygen atoms in total. The van der Waals surface area contributed by atoms with Gasteiger partial charge in [0.05, 0.1) is 11.5 Å². The van der Waals surface area contributed by atoms with Crippen molar-refractivity contribution in [1.29, 1.82) is 0 Å². The van der Waals surface area contributed by atoms with E-state index in [9.17, 15) is 14.5 Å². The number of aromatic nitrogens is 1. The number of amidine groups is 1. The molecule has 0 aromatic carbocycles. The molecule has 9 heteroatoms. The number of unbranched alkanes of at least 4 members (excludes halogenated alkanes) is 1. The molecule has 3 N–H and O–H groups in total. The van der Waals surface area contributed by atoms with Crippen molar-refractivity contribution in [3.05, 3.63) is 28.4 Å². The Bertz CT molecular complexity index is 672. The molecule has 0 aliphatic rings. The van der Waals surface area contributed by atoms with Gasteiger partial charge in [0.1, 0.15) is 6.20 Å². The second-order valence-electron chi connectivity index (χ2n) is 5.27. The Labute approximate surface area is 145 Å². The van der Waals surface area contributed by atoms with Gasteiger partial charge in [-0.15, -0.1) is 0 Å². The summed E-state index contributed by atoms with van der Waals surface area (Å²) in [5.41, 5.74) is 7.10. The van der Waals surface area contributed by atoms with Gasteiger partial charge in [-0.2, -0.15) is 0 Å². The van der Waals surface area contributed by atoms with Crippen LogP contribution in [-0.2, 0) is 19.2 Å². The van der Waals surface area contributed by atoms with Crippen molar-refractivity contribution in [2.24, 2.45) is 5.73 Å². The summed E-state index contributed by atoms with van der Waals surface area (Å²) >= 11 is 0. The van der Waals surface area contributed by atoms with E-state index >= 15 is 0 Å². The number of nitrogens with two attached hydrogens (primary N) is 1. The van der Waals surface area contributed by atoms with Gasteiger partial charge >= 0.3 is 17.6 Å². The molecule has 1 amide bonds. The van der Waals surface area contributed by atoms with Crippen molar-refractivity contribution >= 4 is 23.4 Å². The average molecular weight is 352 g/mol. The third-order valence-corrected chi connectivity index (χ3v) is 3.31. The Morgan fingerprint density at radius 2 is 2.00 bits per heavy atom. The summed E-state index contributed by atoms with van der Waals surface area (Å²) in [6.45, 7) is 3.81. The van der Waals surface area contributed by atoms with E-state index in [4.69, 9.17) is 10.5 Å². The van der Waals surface area contributed by atoms with Gasteiger partial charge in [-0.1, -0.05) is 0 Å². The number of rotatable bonds is 9. The largest absolute Gasteiger partial charge is 0.466 e. The number of ether oxygens (including phenoxy) is 1. The van der Waals surface area contributed by atoms with Crippen LogP contribution in [0.2, 0.25) is 0 Å². The average Bonchev–Trinajstić information content (AvgIpc) is 2.58. The van der Waals surface area contributed by atoms with Crippen LogP contribution < -0.4 is 10.7 Å². The van der Waals surface area contributed by atoms with Crippen molar-refractivity contribution in [3.63, 3.8) is 0 Å². The molecule has 1 rings (SSSR count). The van der Waals surface area contributed by atoms with Crippen molar-refractivity contribution in [2.45, 2.75) is 39.5 Å². The molecule has 0 aliphatic carbocycles. The van der Waals surface area contributed by atoms with Crippen LogP contribution >= 0.6 is 0 Å². The molecule has 1 aromatic heterocycles. The smallest absolute Gasteiger partial charge is 0.335 e. The summed E-state index contributed by atoms with van der Waals surface area (Å²) in [7, 11) is 1.25. The minimum absolute atomic E-state index is 0.106. The number of amides is 1. The molecule has 0 saturated heterocycles. The number of carbonyl (C=O) groups excluding carboxylic acids is 2. The quantitative estimate of drug-likeness (QED) is 0.207. The van der Waals surface area contributed by atoms with Gasteiger partial charge in [-0.05, 0) is 32.3 Å². The summed E-state index contributed by atoms with van der Waals surface area (Å²) < 4.78 is 4.81. The third kappa shape index (κ3) is 6.66. The normalized spacial score (nSPS) is 11.1. The summed E-state index contributed by atoms with van der Waals surface area (Å²) in [5.74, 6) is -0.430. The molecule has 0 aliphatic heterocycles. The van der Waals surface area contributed by atoms with E-state index in [1.165, 1.54) is 13.3 Å². The zero-order chi connectivity index (χ0) is 18.8. The highest BCUT2D eigenvalue weighted by Gasteiger charge is 2.20. The Kier molecular flexibility index (Phi) is 8.17. The van der Waals surface area contributed by atoms with Gasteiger partial charge in [0.15, 0.2) is 12.8 Å². The highest BCUT2D eigenvalue weighted by molar-refractivity contribution is 5.94. The number of nitrogens with zero attached hydrogens (tertiary/aromatic N) is 2. The molecular weight excluding hydrogens is 328 g/mol. The molecule has 1 heterocycles.